The lowest BCUT2D eigenvalue weighted by Gasteiger charge is -2.36. The van der Waals surface area contributed by atoms with Crippen LogP contribution in [0.15, 0.2) is 18.2 Å². The second-order valence-electron chi connectivity index (χ2n) is 11.7. The first-order valence-corrected chi connectivity index (χ1v) is 13.6. The number of ether oxygens (including phenoxy) is 2. The molecule has 38 heavy (non-hydrogen) atoms. The van der Waals surface area contributed by atoms with E-state index >= 15 is 0 Å². The fourth-order valence-electron chi connectivity index (χ4n) is 5.73. The Morgan fingerprint density at radius 2 is 1.82 bits per heavy atom. The summed E-state index contributed by atoms with van der Waals surface area (Å²) < 4.78 is 22.8. The largest absolute Gasteiger partial charge is 0.494 e. The third-order valence-electron chi connectivity index (χ3n) is 8.75. The highest BCUT2D eigenvalue weighted by molar-refractivity contribution is 6.62. The van der Waals surface area contributed by atoms with E-state index in [2.05, 4.69) is 17.2 Å². The highest BCUT2D eigenvalue weighted by Gasteiger charge is 2.52. The van der Waals surface area contributed by atoms with Crippen LogP contribution in [-0.2, 0) is 23.6 Å². The van der Waals surface area contributed by atoms with Gasteiger partial charge in [-0.2, -0.15) is 0 Å². The molecule has 0 bridgehead atoms. The molecule has 2 aromatic rings. The Hall–Kier alpha value is -2.63. The normalized spacial score (nSPS) is 26.1. The van der Waals surface area contributed by atoms with E-state index in [4.69, 9.17) is 23.8 Å². The van der Waals surface area contributed by atoms with Crippen LogP contribution >= 0.6 is 0 Å². The number of fused-ring (bicyclic) bond motifs is 1. The van der Waals surface area contributed by atoms with Crippen LogP contribution in [0.3, 0.4) is 0 Å². The summed E-state index contributed by atoms with van der Waals surface area (Å²) in [6, 6.07) is 5.09. The zero-order chi connectivity index (χ0) is 27.2. The summed E-state index contributed by atoms with van der Waals surface area (Å²) in [7, 11) is 0.847. The molecule has 0 aliphatic carbocycles. The number of alkyl carbamates (subject to hydrolysis) is 1. The van der Waals surface area contributed by atoms with Gasteiger partial charge in [0.05, 0.1) is 35.4 Å². The standard InChI is InChI=1S/C27H39BN4O6/c1-16-7-10-21(32(16)24(33)22(31-25(34)35-6)17-11-13-36-14-12-17)23-29-19-9-8-18(15-20(19)30-23)28-37-26(2,3)27(4,5)38-28/h8-9,15-17,21-22H,7,10-14H2,1-6H3,(H,29,30)(H,31,34)/t16-,21-,22-/m0/s1. The van der Waals surface area contributed by atoms with Crippen LogP contribution in [0.4, 0.5) is 4.79 Å². The number of carbonyl (C=O) groups is 2. The van der Waals surface area contributed by atoms with E-state index < -0.39 is 30.5 Å². The van der Waals surface area contributed by atoms with Crippen molar-refractivity contribution in [3.8, 4) is 0 Å². The number of hydrogen-bond donors (Lipinski definition) is 2. The molecule has 0 spiro atoms. The smallest absolute Gasteiger partial charge is 0.453 e. The number of H-pyrrole nitrogens is 1. The summed E-state index contributed by atoms with van der Waals surface area (Å²) >= 11 is 0. The van der Waals surface area contributed by atoms with Gasteiger partial charge in [0.1, 0.15) is 11.9 Å². The van der Waals surface area contributed by atoms with Gasteiger partial charge in [-0.05, 0) is 83.8 Å². The molecule has 3 atom stereocenters. The van der Waals surface area contributed by atoms with Crippen molar-refractivity contribution in [3.05, 3.63) is 24.0 Å². The molecule has 3 fully saturated rings. The minimum absolute atomic E-state index is 0.0121. The minimum Gasteiger partial charge on any atom is -0.453 e. The van der Waals surface area contributed by atoms with Crippen molar-refractivity contribution in [2.24, 2.45) is 5.92 Å². The number of imidazole rings is 1. The fourth-order valence-corrected chi connectivity index (χ4v) is 5.73. The second-order valence-corrected chi connectivity index (χ2v) is 11.7. The van der Waals surface area contributed by atoms with Gasteiger partial charge in [0, 0.05) is 19.3 Å². The van der Waals surface area contributed by atoms with Crippen molar-refractivity contribution >= 4 is 35.6 Å². The Morgan fingerprint density at radius 3 is 2.47 bits per heavy atom. The number of nitrogens with one attached hydrogen (secondary N) is 2. The van der Waals surface area contributed by atoms with E-state index in [1.807, 2.05) is 50.8 Å². The molecule has 0 radical (unpaired) electrons. The molecule has 5 rings (SSSR count). The molecule has 11 heteroatoms. The molecule has 3 saturated heterocycles. The summed E-state index contributed by atoms with van der Waals surface area (Å²) in [5.41, 5.74) is 1.76. The maximum Gasteiger partial charge on any atom is 0.494 e. The summed E-state index contributed by atoms with van der Waals surface area (Å²) in [4.78, 5) is 36.4. The molecule has 4 heterocycles. The van der Waals surface area contributed by atoms with E-state index in [0.717, 1.165) is 35.2 Å². The summed E-state index contributed by atoms with van der Waals surface area (Å²) in [6.45, 7) is 11.3. The molecule has 2 N–H and O–H groups in total. The second kappa shape index (κ2) is 10.2. The third kappa shape index (κ3) is 4.91. The van der Waals surface area contributed by atoms with E-state index in [-0.39, 0.29) is 23.9 Å². The van der Waals surface area contributed by atoms with Crippen LogP contribution in [0.1, 0.15) is 72.2 Å². The number of rotatable bonds is 5. The predicted octanol–water partition coefficient (Wildman–Crippen LogP) is 3.07. The summed E-state index contributed by atoms with van der Waals surface area (Å²) in [5.74, 6) is 0.630. The van der Waals surface area contributed by atoms with Gasteiger partial charge in [-0.3, -0.25) is 4.79 Å². The van der Waals surface area contributed by atoms with Gasteiger partial charge in [0.25, 0.3) is 0 Å². The van der Waals surface area contributed by atoms with Crippen LogP contribution < -0.4 is 10.8 Å². The molecule has 0 saturated carbocycles. The van der Waals surface area contributed by atoms with Crippen molar-refractivity contribution < 1.29 is 28.4 Å². The van der Waals surface area contributed by atoms with E-state index in [1.165, 1.54) is 7.11 Å². The lowest BCUT2D eigenvalue weighted by atomic mass is 9.79. The van der Waals surface area contributed by atoms with Gasteiger partial charge in [0.2, 0.25) is 5.91 Å². The fraction of sp³-hybridized carbons (Fsp3) is 0.667. The molecule has 3 aliphatic rings. The summed E-state index contributed by atoms with van der Waals surface area (Å²) in [5, 5.41) is 2.82. The van der Waals surface area contributed by atoms with Crippen LogP contribution in [0.25, 0.3) is 11.0 Å². The molecule has 1 aromatic heterocycles. The van der Waals surface area contributed by atoms with Crippen molar-refractivity contribution in [1.82, 2.24) is 20.2 Å². The van der Waals surface area contributed by atoms with Gasteiger partial charge in [-0.15, -0.1) is 0 Å². The molecular weight excluding hydrogens is 487 g/mol. The van der Waals surface area contributed by atoms with E-state index in [0.29, 0.717) is 26.1 Å². The van der Waals surface area contributed by atoms with E-state index in [1.54, 1.807) is 0 Å². The lowest BCUT2D eigenvalue weighted by Crippen LogP contribution is -2.54. The number of carbonyl (C=O) groups excluding carboxylic acids is 2. The molecule has 1 aromatic carbocycles. The molecule has 2 amide bonds. The molecule has 0 unspecified atom stereocenters. The van der Waals surface area contributed by atoms with Crippen LogP contribution in [-0.4, -0.2) is 77.6 Å². The quantitative estimate of drug-likeness (QED) is 0.576. The Balaban J connectivity index is 1.41. The Kier molecular flexibility index (Phi) is 7.21. The van der Waals surface area contributed by atoms with Crippen molar-refractivity contribution in [2.45, 2.75) is 89.6 Å². The maximum atomic E-state index is 14.0. The van der Waals surface area contributed by atoms with Crippen molar-refractivity contribution in [2.75, 3.05) is 20.3 Å². The SMILES string of the molecule is COC(=O)N[C@H](C(=O)N1[C@@H](C)CC[C@H]1c1nc2ccc(B3OC(C)(C)C(C)(C)O3)cc2[nH]1)C1CCOCC1. The number of likely N-dealkylation sites (tertiary alicyclic amines) is 1. The van der Waals surface area contributed by atoms with E-state index in [9.17, 15) is 9.59 Å². The molecular formula is C27H39BN4O6. The first kappa shape index (κ1) is 27.0. The van der Waals surface area contributed by atoms with Crippen LogP contribution in [0.2, 0.25) is 0 Å². The van der Waals surface area contributed by atoms with Gasteiger partial charge < -0.3 is 34.0 Å². The highest BCUT2D eigenvalue weighted by atomic mass is 16.7. The molecule has 3 aliphatic heterocycles. The Labute approximate surface area is 224 Å². The topological polar surface area (TPSA) is 115 Å². The highest BCUT2D eigenvalue weighted by Crippen LogP contribution is 2.38. The first-order chi connectivity index (χ1) is 18.0. The van der Waals surface area contributed by atoms with Crippen molar-refractivity contribution in [1.29, 1.82) is 0 Å². The van der Waals surface area contributed by atoms with Gasteiger partial charge in [0.15, 0.2) is 0 Å². The monoisotopic (exact) mass is 526 g/mol. The van der Waals surface area contributed by atoms with Gasteiger partial charge in [-0.1, -0.05) is 6.07 Å². The maximum absolute atomic E-state index is 14.0. The number of methoxy groups -OCH3 is 1. The first-order valence-electron chi connectivity index (χ1n) is 13.6. The lowest BCUT2D eigenvalue weighted by molar-refractivity contribution is -0.138. The number of amides is 2. The Morgan fingerprint density at radius 1 is 1.13 bits per heavy atom. The van der Waals surface area contributed by atoms with Crippen LogP contribution in [0, 0.1) is 5.92 Å². The zero-order valence-electron chi connectivity index (χ0n) is 23.2. The van der Waals surface area contributed by atoms with Crippen molar-refractivity contribution in [3.63, 3.8) is 0 Å². The Bertz CT molecular complexity index is 1180. The third-order valence-corrected chi connectivity index (χ3v) is 8.75. The average molecular weight is 526 g/mol. The number of benzene rings is 1. The van der Waals surface area contributed by atoms with Crippen LogP contribution in [0.5, 0.6) is 0 Å². The van der Waals surface area contributed by atoms with Gasteiger partial charge in [-0.25, -0.2) is 9.78 Å². The van der Waals surface area contributed by atoms with Gasteiger partial charge >= 0.3 is 13.2 Å². The zero-order valence-corrected chi connectivity index (χ0v) is 23.2. The summed E-state index contributed by atoms with van der Waals surface area (Å²) in [6.07, 6.45) is 2.46. The molecule has 206 valence electrons. The number of hydrogen-bond acceptors (Lipinski definition) is 7. The average Bonchev–Trinajstić information content (AvgIpc) is 3.54. The number of aromatic amines is 1. The number of nitrogens with zero attached hydrogens (tertiary/aromatic N) is 2. The predicted molar refractivity (Wildman–Crippen MR) is 143 cm³/mol. The minimum atomic E-state index is -0.672. The number of aromatic nitrogens is 2. The molecule has 10 nitrogen and oxygen atoms in total.